The van der Waals surface area contributed by atoms with E-state index in [4.69, 9.17) is 23.2 Å². The molecule has 1 heterocycles. The van der Waals surface area contributed by atoms with Crippen molar-refractivity contribution in [3.63, 3.8) is 0 Å². The van der Waals surface area contributed by atoms with Gasteiger partial charge in [-0.1, -0.05) is 83.1 Å². The first-order valence-electron chi connectivity index (χ1n) is 9.27. The Bertz CT molecular complexity index is 1220. The number of aromatic nitrogens is 1. The molecule has 4 aromatic rings. The van der Waals surface area contributed by atoms with Crippen molar-refractivity contribution in [1.82, 2.24) is 4.98 Å². The summed E-state index contributed by atoms with van der Waals surface area (Å²) in [6.07, 6.45) is 1.62. The normalized spacial score (nSPS) is 10.9. The molecule has 1 amide bonds. The summed E-state index contributed by atoms with van der Waals surface area (Å²) in [6, 6.07) is 23.7. The Morgan fingerprint density at radius 1 is 0.935 bits per heavy atom. The lowest BCUT2D eigenvalue weighted by Gasteiger charge is -2.05. The highest BCUT2D eigenvalue weighted by Gasteiger charge is 2.16. The second-order valence-electron chi connectivity index (χ2n) is 6.42. The molecule has 0 spiro atoms. The lowest BCUT2D eigenvalue weighted by Crippen LogP contribution is -2.11. The Morgan fingerprint density at radius 2 is 1.65 bits per heavy atom. The van der Waals surface area contributed by atoms with Gasteiger partial charge in [0.25, 0.3) is 5.91 Å². The average Bonchev–Trinajstić information content (AvgIpc) is 3.18. The summed E-state index contributed by atoms with van der Waals surface area (Å²) in [7, 11) is 0. The first-order chi connectivity index (χ1) is 15.1. The Labute approximate surface area is 193 Å². The standard InChI is InChI=1S/C23H16Cl2N4OS/c24-18-12-10-16(11-13-18)21(30)28-22-20(15-6-2-1-3-7-15)27-23(31-22)29-26-14-17-8-4-5-9-19(17)25/h1-14H,(H,27,29)(H,28,30). The molecule has 0 fully saturated rings. The molecule has 0 aliphatic heterocycles. The molecule has 154 valence electrons. The van der Waals surface area contributed by atoms with Gasteiger partial charge in [-0.3, -0.25) is 10.2 Å². The number of carbonyl (C=O) groups is 1. The quantitative estimate of drug-likeness (QED) is 0.242. The van der Waals surface area contributed by atoms with Crippen LogP contribution in [0.1, 0.15) is 15.9 Å². The minimum absolute atomic E-state index is 0.247. The SMILES string of the molecule is O=C(Nc1sc(NN=Cc2ccccc2Cl)nc1-c1ccccc1)c1ccc(Cl)cc1. The van der Waals surface area contributed by atoms with Crippen molar-refractivity contribution in [2.24, 2.45) is 5.10 Å². The van der Waals surface area contributed by atoms with E-state index in [1.54, 1.807) is 36.5 Å². The van der Waals surface area contributed by atoms with Gasteiger partial charge in [0.05, 0.1) is 6.21 Å². The van der Waals surface area contributed by atoms with Gasteiger partial charge in [0, 0.05) is 26.7 Å². The molecule has 4 rings (SSSR count). The smallest absolute Gasteiger partial charge is 0.256 e. The maximum absolute atomic E-state index is 12.7. The van der Waals surface area contributed by atoms with Crippen LogP contribution in [0.3, 0.4) is 0 Å². The van der Waals surface area contributed by atoms with Crippen LogP contribution in [0, 0.1) is 0 Å². The van der Waals surface area contributed by atoms with E-state index in [1.807, 2.05) is 48.5 Å². The number of amides is 1. The fourth-order valence-corrected chi connectivity index (χ4v) is 3.90. The summed E-state index contributed by atoms with van der Waals surface area (Å²) in [5, 5.41) is 9.50. The van der Waals surface area contributed by atoms with E-state index >= 15 is 0 Å². The molecule has 3 aromatic carbocycles. The predicted octanol–water partition coefficient (Wildman–Crippen LogP) is 6.82. The number of hydrazone groups is 1. The Hall–Kier alpha value is -3.19. The fourth-order valence-electron chi connectivity index (χ4n) is 2.76. The van der Waals surface area contributed by atoms with Crippen molar-refractivity contribution >= 4 is 56.8 Å². The molecule has 0 saturated carbocycles. The van der Waals surface area contributed by atoms with Gasteiger partial charge in [0.15, 0.2) is 0 Å². The van der Waals surface area contributed by atoms with Crippen molar-refractivity contribution in [1.29, 1.82) is 0 Å². The molecule has 0 saturated heterocycles. The van der Waals surface area contributed by atoms with Crippen LogP contribution >= 0.6 is 34.5 Å². The summed E-state index contributed by atoms with van der Waals surface area (Å²) < 4.78 is 0. The highest BCUT2D eigenvalue weighted by atomic mass is 35.5. The molecule has 0 unspecified atom stereocenters. The van der Waals surface area contributed by atoms with Gasteiger partial charge < -0.3 is 5.32 Å². The molecule has 31 heavy (non-hydrogen) atoms. The number of carbonyl (C=O) groups excluding carboxylic acids is 1. The first kappa shape index (κ1) is 21.1. The van der Waals surface area contributed by atoms with E-state index in [0.717, 1.165) is 11.1 Å². The van der Waals surface area contributed by atoms with Gasteiger partial charge in [-0.25, -0.2) is 4.98 Å². The summed E-state index contributed by atoms with van der Waals surface area (Å²) in [4.78, 5) is 17.3. The van der Waals surface area contributed by atoms with Gasteiger partial charge in [0.1, 0.15) is 10.7 Å². The summed E-state index contributed by atoms with van der Waals surface area (Å²) >= 11 is 13.4. The number of benzene rings is 3. The average molecular weight is 467 g/mol. The maximum Gasteiger partial charge on any atom is 0.256 e. The summed E-state index contributed by atoms with van der Waals surface area (Å²) in [5.74, 6) is -0.247. The zero-order chi connectivity index (χ0) is 21.6. The minimum Gasteiger partial charge on any atom is -0.312 e. The van der Waals surface area contributed by atoms with Crippen LogP contribution in [0.15, 0.2) is 84.0 Å². The molecule has 0 radical (unpaired) electrons. The number of halogens is 2. The number of nitrogens with one attached hydrogen (secondary N) is 2. The van der Waals surface area contributed by atoms with Crippen molar-refractivity contribution in [2.75, 3.05) is 10.7 Å². The molecular weight excluding hydrogens is 451 g/mol. The summed E-state index contributed by atoms with van der Waals surface area (Å²) in [5.41, 5.74) is 5.75. The molecule has 2 N–H and O–H groups in total. The third-order valence-electron chi connectivity index (χ3n) is 4.28. The van der Waals surface area contributed by atoms with E-state index in [1.165, 1.54) is 11.3 Å². The minimum atomic E-state index is -0.247. The van der Waals surface area contributed by atoms with Crippen molar-refractivity contribution < 1.29 is 4.79 Å². The van der Waals surface area contributed by atoms with E-state index in [-0.39, 0.29) is 5.91 Å². The van der Waals surface area contributed by atoms with Gasteiger partial charge in [-0.15, -0.1) is 0 Å². The third kappa shape index (κ3) is 5.30. The Balaban J connectivity index is 1.59. The topological polar surface area (TPSA) is 66.4 Å². The number of hydrogen-bond donors (Lipinski definition) is 2. The van der Waals surface area contributed by atoms with E-state index in [9.17, 15) is 4.79 Å². The molecule has 1 aromatic heterocycles. The Morgan fingerprint density at radius 3 is 2.39 bits per heavy atom. The van der Waals surface area contributed by atoms with Crippen LogP contribution in [0.5, 0.6) is 0 Å². The van der Waals surface area contributed by atoms with E-state index < -0.39 is 0 Å². The van der Waals surface area contributed by atoms with Crippen LogP contribution in [0.25, 0.3) is 11.3 Å². The number of anilines is 2. The zero-order valence-corrected chi connectivity index (χ0v) is 18.4. The largest absolute Gasteiger partial charge is 0.312 e. The second kappa shape index (κ2) is 9.75. The van der Waals surface area contributed by atoms with Crippen LogP contribution in [-0.4, -0.2) is 17.1 Å². The summed E-state index contributed by atoms with van der Waals surface area (Å²) in [6.45, 7) is 0. The van der Waals surface area contributed by atoms with Crippen LogP contribution in [-0.2, 0) is 0 Å². The van der Waals surface area contributed by atoms with Crippen molar-refractivity contribution in [3.8, 4) is 11.3 Å². The lowest BCUT2D eigenvalue weighted by atomic mass is 10.1. The van der Waals surface area contributed by atoms with Crippen LogP contribution < -0.4 is 10.7 Å². The van der Waals surface area contributed by atoms with E-state index in [2.05, 4.69) is 20.8 Å². The van der Waals surface area contributed by atoms with Crippen LogP contribution in [0.4, 0.5) is 10.1 Å². The lowest BCUT2D eigenvalue weighted by molar-refractivity contribution is 0.102. The molecule has 0 aliphatic rings. The van der Waals surface area contributed by atoms with E-state index in [0.29, 0.717) is 31.4 Å². The zero-order valence-electron chi connectivity index (χ0n) is 16.0. The third-order valence-corrected chi connectivity index (χ3v) is 5.75. The van der Waals surface area contributed by atoms with Gasteiger partial charge in [0.2, 0.25) is 5.13 Å². The molecule has 0 atom stereocenters. The van der Waals surface area contributed by atoms with Crippen molar-refractivity contribution in [3.05, 3.63) is 100 Å². The molecule has 0 aliphatic carbocycles. The molecular formula is C23H16Cl2N4OS. The second-order valence-corrected chi connectivity index (χ2v) is 8.26. The number of rotatable bonds is 6. The number of thiazole rings is 1. The highest BCUT2D eigenvalue weighted by Crippen LogP contribution is 2.36. The molecule has 8 heteroatoms. The van der Waals surface area contributed by atoms with Gasteiger partial charge in [-0.05, 0) is 30.3 Å². The monoisotopic (exact) mass is 466 g/mol. The number of hydrogen-bond acceptors (Lipinski definition) is 5. The fraction of sp³-hybridized carbons (Fsp3) is 0. The van der Waals surface area contributed by atoms with Gasteiger partial charge in [-0.2, -0.15) is 5.10 Å². The van der Waals surface area contributed by atoms with Gasteiger partial charge >= 0.3 is 0 Å². The number of nitrogens with zero attached hydrogens (tertiary/aromatic N) is 2. The first-order valence-corrected chi connectivity index (χ1v) is 10.8. The Kier molecular flexibility index (Phi) is 6.62. The molecule has 5 nitrogen and oxygen atoms in total. The predicted molar refractivity (Wildman–Crippen MR) is 130 cm³/mol. The molecule has 0 bridgehead atoms. The van der Waals surface area contributed by atoms with Crippen LogP contribution in [0.2, 0.25) is 10.0 Å². The maximum atomic E-state index is 12.7. The van der Waals surface area contributed by atoms with Crippen molar-refractivity contribution in [2.45, 2.75) is 0 Å². The highest BCUT2D eigenvalue weighted by molar-refractivity contribution is 7.20.